The molecule has 0 radical (unpaired) electrons. The highest BCUT2D eigenvalue weighted by Crippen LogP contribution is 2.38. The number of halogens is 7. The molecule has 0 saturated carbocycles. The Morgan fingerprint density at radius 3 is 2.06 bits per heavy atom. The van der Waals surface area contributed by atoms with Crippen molar-refractivity contribution in [2.24, 2.45) is 0 Å². The van der Waals surface area contributed by atoms with Crippen LogP contribution < -0.4 is 0 Å². The van der Waals surface area contributed by atoms with Crippen molar-refractivity contribution in [3.05, 3.63) is 75.7 Å². The van der Waals surface area contributed by atoms with Gasteiger partial charge in [-0.3, -0.25) is 0 Å². The van der Waals surface area contributed by atoms with Crippen LogP contribution in [-0.2, 0) is 21.8 Å². The second-order valence-corrected chi connectivity index (χ2v) is 6.81. The van der Waals surface area contributed by atoms with E-state index in [1.54, 1.807) is 0 Å². The average molecular weight is 451 g/mol. The van der Waals surface area contributed by atoms with Crippen LogP contribution in [0.4, 0.5) is 30.7 Å². The summed E-state index contributed by atoms with van der Waals surface area (Å²) in [5.41, 5.74) is -3.18. The van der Waals surface area contributed by atoms with Gasteiger partial charge in [-0.05, 0) is 55.0 Å². The van der Waals surface area contributed by atoms with Gasteiger partial charge in [0.1, 0.15) is 12.4 Å². The second-order valence-electron chi connectivity index (χ2n) is 6.81. The lowest BCUT2D eigenvalue weighted by atomic mass is 10.0. The Kier molecular flexibility index (Phi) is 6.28. The number of ether oxygens (including phenoxy) is 2. The van der Waals surface area contributed by atoms with E-state index in [2.05, 4.69) is 0 Å². The maximum absolute atomic E-state index is 13.2. The van der Waals surface area contributed by atoms with Crippen molar-refractivity contribution in [1.29, 1.82) is 0 Å². The molecule has 0 aromatic heterocycles. The van der Waals surface area contributed by atoms with Crippen LogP contribution in [0, 0.1) is 11.0 Å². The highest BCUT2D eigenvalue weighted by atomic mass is 19.4. The molecule has 0 spiro atoms. The average Bonchev–Trinajstić information content (AvgIpc) is 2.67. The zero-order valence-corrected chi connectivity index (χ0v) is 15.9. The molecule has 0 unspecified atom stereocenters. The number of benzene rings is 2. The summed E-state index contributed by atoms with van der Waals surface area (Å²) in [4.78, 5) is 0. The minimum absolute atomic E-state index is 0.0166. The molecule has 2 aromatic carbocycles. The maximum atomic E-state index is 13.2. The first-order chi connectivity index (χ1) is 14.4. The molecular formula is C20H16F7NO3. The number of rotatable bonds is 4. The van der Waals surface area contributed by atoms with E-state index in [-0.39, 0.29) is 30.5 Å². The van der Waals surface area contributed by atoms with E-state index < -0.39 is 47.3 Å². The normalized spacial score (nSPS) is 18.9. The van der Waals surface area contributed by atoms with Crippen molar-refractivity contribution in [2.45, 2.75) is 31.7 Å². The first-order valence-electron chi connectivity index (χ1n) is 9.00. The van der Waals surface area contributed by atoms with Gasteiger partial charge in [0.05, 0.1) is 17.2 Å². The molecule has 31 heavy (non-hydrogen) atoms. The Bertz CT molecular complexity index is 936. The number of hydroxylamine groups is 1. The lowest BCUT2D eigenvalue weighted by Crippen LogP contribution is -2.41. The maximum Gasteiger partial charge on any atom is 0.416 e. The molecule has 168 valence electrons. The van der Waals surface area contributed by atoms with E-state index >= 15 is 0 Å². The molecule has 1 aliphatic rings. The Hall–Kier alpha value is -2.66. The fourth-order valence-corrected chi connectivity index (χ4v) is 3.04. The molecule has 0 bridgehead atoms. The minimum atomic E-state index is -5.01. The van der Waals surface area contributed by atoms with E-state index in [4.69, 9.17) is 9.47 Å². The smallest absolute Gasteiger partial charge is 0.416 e. The van der Waals surface area contributed by atoms with Crippen LogP contribution in [0.3, 0.4) is 0 Å². The topological polar surface area (TPSA) is 44.5 Å². The Morgan fingerprint density at radius 1 is 1.00 bits per heavy atom. The third kappa shape index (κ3) is 5.34. The van der Waals surface area contributed by atoms with Crippen LogP contribution in [0.1, 0.15) is 35.3 Å². The number of nitrogens with zero attached hydrogens (tertiary/aromatic N) is 1. The Labute approximate surface area is 172 Å². The predicted molar refractivity (Wildman–Crippen MR) is 94.7 cm³/mol. The van der Waals surface area contributed by atoms with E-state index in [0.717, 1.165) is 12.1 Å². The summed E-state index contributed by atoms with van der Waals surface area (Å²) in [5, 5.41) is 12.3. The van der Waals surface area contributed by atoms with Crippen molar-refractivity contribution in [1.82, 2.24) is 0 Å². The summed E-state index contributed by atoms with van der Waals surface area (Å²) in [6.07, 6.45) is -12.7. The highest BCUT2D eigenvalue weighted by molar-refractivity contribution is 5.99. The van der Waals surface area contributed by atoms with Crippen LogP contribution in [0.25, 0.3) is 0 Å². The minimum Gasteiger partial charge on any atom is -0.623 e. The van der Waals surface area contributed by atoms with Crippen LogP contribution in [0.15, 0.2) is 42.5 Å². The van der Waals surface area contributed by atoms with E-state index in [1.807, 2.05) is 0 Å². The van der Waals surface area contributed by atoms with E-state index in [0.29, 0.717) is 16.9 Å². The molecule has 0 saturated heterocycles. The number of hydrogen-bond donors (Lipinski definition) is 0. The largest absolute Gasteiger partial charge is 0.623 e. The van der Waals surface area contributed by atoms with Crippen LogP contribution in [-0.4, -0.2) is 29.9 Å². The SMILES string of the molecule is C[C@@H](O[C@H]1OCC[N+]([O-])=C1c1ccc(F)cc1)c1cc(C(F)(F)F)cc(C(F)(F)F)c1. The van der Waals surface area contributed by atoms with Gasteiger partial charge in [-0.25, -0.2) is 9.13 Å². The molecule has 0 fully saturated rings. The van der Waals surface area contributed by atoms with Crippen LogP contribution >= 0.6 is 0 Å². The van der Waals surface area contributed by atoms with Gasteiger partial charge in [-0.2, -0.15) is 26.3 Å². The molecule has 2 aromatic rings. The quantitative estimate of drug-likeness (QED) is 0.360. The molecular weight excluding hydrogens is 435 g/mol. The third-order valence-electron chi connectivity index (χ3n) is 4.60. The monoisotopic (exact) mass is 451 g/mol. The molecule has 1 aliphatic heterocycles. The zero-order valence-electron chi connectivity index (χ0n) is 15.9. The summed E-state index contributed by atoms with van der Waals surface area (Å²) in [5.74, 6) is -0.562. The summed E-state index contributed by atoms with van der Waals surface area (Å²) < 4.78 is 103. The molecule has 0 aliphatic carbocycles. The van der Waals surface area contributed by atoms with E-state index in [9.17, 15) is 35.9 Å². The van der Waals surface area contributed by atoms with Gasteiger partial charge in [-0.1, -0.05) is 0 Å². The summed E-state index contributed by atoms with van der Waals surface area (Å²) in [6.45, 7) is 1.08. The predicted octanol–water partition coefficient (Wildman–Crippen LogP) is 5.30. The lowest BCUT2D eigenvalue weighted by molar-refractivity contribution is -0.482. The summed E-state index contributed by atoms with van der Waals surface area (Å²) in [6, 6.07) is 5.88. The van der Waals surface area contributed by atoms with Gasteiger partial charge < -0.3 is 14.7 Å². The van der Waals surface area contributed by atoms with Gasteiger partial charge in [0.2, 0.25) is 6.29 Å². The third-order valence-corrected chi connectivity index (χ3v) is 4.60. The Balaban J connectivity index is 1.95. The fourth-order valence-electron chi connectivity index (χ4n) is 3.04. The number of alkyl halides is 6. The molecule has 0 amide bonds. The highest BCUT2D eigenvalue weighted by Gasteiger charge is 2.38. The van der Waals surface area contributed by atoms with E-state index in [1.165, 1.54) is 19.1 Å². The van der Waals surface area contributed by atoms with Crippen molar-refractivity contribution in [3.63, 3.8) is 0 Å². The molecule has 4 nitrogen and oxygen atoms in total. The standard InChI is InChI=1S/C20H16F7NO3/c1-11(13-8-14(19(22,23)24)10-15(9-13)20(25,26)27)31-18-17(28(29)6-7-30-18)12-2-4-16(21)5-3-12/h2-5,8-11,18H,6-7H2,1H3/t11-,18-/m1/s1. The first kappa shape index (κ1) is 23.0. The fraction of sp³-hybridized carbons (Fsp3) is 0.350. The first-order valence-corrected chi connectivity index (χ1v) is 9.00. The zero-order chi connectivity index (χ0) is 23.0. The summed E-state index contributed by atoms with van der Waals surface area (Å²) >= 11 is 0. The lowest BCUT2D eigenvalue weighted by Gasteiger charge is -2.27. The second kappa shape index (κ2) is 8.46. The van der Waals surface area contributed by atoms with Crippen LogP contribution in [0.2, 0.25) is 0 Å². The van der Waals surface area contributed by atoms with Crippen molar-refractivity contribution in [2.75, 3.05) is 13.2 Å². The van der Waals surface area contributed by atoms with Gasteiger partial charge in [-0.15, -0.1) is 0 Å². The molecule has 2 atom stereocenters. The van der Waals surface area contributed by atoms with Crippen molar-refractivity contribution < 1.29 is 44.9 Å². The van der Waals surface area contributed by atoms with Gasteiger partial charge in [0.15, 0.2) is 6.54 Å². The molecule has 1 heterocycles. The van der Waals surface area contributed by atoms with Gasteiger partial charge in [0.25, 0.3) is 5.71 Å². The Morgan fingerprint density at radius 2 is 1.55 bits per heavy atom. The van der Waals surface area contributed by atoms with Gasteiger partial charge >= 0.3 is 12.4 Å². The van der Waals surface area contributed by atoms with Gasteiger partial charge in [0, 0.05) is 5.56 Å². The van der Waals surface area contributed by atoms with Crippen molar-refractivity contribution >= 4 is 5.71 Å². The van der Waals surface area contributed by atoms with Crippen LogP contribution in [0.5, 0.6) is 0 Å². The molecule has 3 rings (SSSR count). The molecule has 0 N–H and O–H groups in total. The molecule has 11 heteroatoms. The summed E-state index contributed by atoms with van der Waals surface area (Å²) in [7, 11) is 0. The number of hydrogen-bond acceptors (Lipinski definition) is 3. The van der Waals surface area contributed by atoms with Crippen molar-refractivity contribution in [3.8, 4) is 0 Å².